The zero-order chi connectivity index (χ0) is 13.0. The van der Waals surface area contributed by atoms with Crippen LogP contribution in [-0.4, -0.2) is 18.2 Å². The van der Waals surface area contributed by atoms with Crippen LogP contribution in [0, 0.1) is 0 Å². The van der Waals surface area contributed by atoms with Crippen molar-refractivity contribution in [3.05, 3.63) is 42.1 Å². The second-order valence-corrected chi connectivity index (χ2v) is 4.24. The van der Waals surface area contributed by atoms with E-state index in [2.05, 4.69) is 29.5 Å². The van der Waals surface area contributed by atoms with Crippen LogP contribution in [0.5, 0.6) is 0 Å². The average molecular weight is 245 g/mol. The molecule has 0 aliphatic carbocycles. The molecule has 18 heavy (non-hydrogen) atoms. The van der Waals surface area contributed by atoms with E-state index in [9.17, 15) is 0 Å². The summed E-state index contributed by atoms with van der Waals surface area (Å²) in [6.45, 7) is 2.09. The zero-order valence-corrected chi connectivity index (χ0v) is 10.8. The Balaban J connectivity index is 2.51. The summed E-state index contributed by atoms with van der Waals surface area (Å²) >= 11 is 0. The molecule has 1 heterocycles. The van der Waals surface area contributed by atoms with Crippen LogP contribution in [0.15, 0.2) is 36.5 Å². The number of hydrogen-bond acceptors (Lipinski definition) is 4. The monoisotopic (exact) mass is 245 g/mol. The van der Waals surface area contributed by atoms with Crippen LogP contribution >= 0.6 is 0 Å². The SMILES string of the molecule is CCC(OC)C(NN)c1cccc2ncccc12. The minimum atomic E-state index is -0.0344. The van der Waals surface area contributed by atoms with Crippen molar-refractivity contribution in [1.82, 2.24) is 10.4 Å². The second kappa shape index (κ2) is 5.91. The molecule has 4 nitrogen and oxygen atoms in total. The van der Waals surface area contributed by atoms with Crippen LogP contribution in [0.3, 0.4) is 0 Å². The van der Waals surface area contributed by atoms with Crippen molar-refractivity contribution in [2.45, 2.75) is 25.5 Å². The Morgan fingerprint density at radius 2 is 2.17 bits per heavy atom. The number of rotatable bonds is 5. The predicted molar refractivity (Wildman–Crippen MR) is 72.9 cm³/mol. The molecule has 0 amide bonds. The van der Waals surface area contributed by atoms with Gasteiger partial charge in [0.15, 0.2) is 0 Å². The molecule has 2 unspecified atom stereocenters. The summed E-state index contributed by atoms with van der Waals surface area (Å²) < 4.78 is 5.49. The third-order valence-corrected chi connectivity index (χ3v) is 3.27. The lowest BCUT2D eigenvalue weighted by Gasteiger charge is -2.25. The Bertz CT molecular complexity index is 506. The minimum absolute atomic E-state index is 0.0344. The summed E-state index contributed by atoms with van der Waals surface area (Å²) in [6.07, 6.45) is 2.73. The number of nitrogens with one attached hydrogen (secondary N) is 1. The highest BCUT2D eigenvalue weighted by atomic mass is 16.5. The number of nitrogens with zero attached hydrogens (tertiary/aromatic N) is 1. The molecule has 96 valence electrons. The highest BCUT2D eigenvalue weighted by Gasteiger charge is 2.22. The molecule has 2 atom stereocenters. The van der Waals surface area contributed by atoms with Crippen molar-refractivity contribution in [2.24, 2.45) is 5.84 Å². The van der Waals surface area contributed by atoms with E-state index >= 15 is 0 Å². The van der Waals surface area contributed by atoms with Crippen LogP contribution in [-0.2, 0) is 4.74 Å². The van der Waals surface area contributed by atoms with Gasteiger partial charge < -0.3 is 4.74 Å². The number of pyridine rings is 1. The van der Waals surface area contributed by atoms with Gasteiger partial charge in [0, 0.05) is 18.7 Å². The molecule has 1 aromatic heterocycles. The van der Waals surface area contributed by atoms with Crippen LogP contribution in [0.25, 0.3) is 10.9 Å². The third-order valence-electron chi connectivity index (χ3n) is 3.27. The van der Waals surface area contributed by atoms with Gasteiger partial charge in [-0.25, -0.2) is 0 Å². The number of fused-ring (bicyclic) bond motifs is 1. The lowest BCUT2D eigenvalue weighted by atomic mass is 9.96. The summed E-state index contributed by atoms with van der Waals surface area (Å²) in [7, 11) is 1.71. The molecule has 4 heteroatoms. The molecule has 0 radical (unpaired) electrons. The van der Waals surface area contributed by atoms with Gasteiger partial charge in [-0.3, -0.25) is 16.3 Å². The van der Waals surface area contributed by atoms with Gasteiger partial charge in [-0.15, -0.1) is 0 Å². The Labute approximate surface area is 107 Å². The average Bonchev–Trinajstić information content (AvgIpc) is 2.44. The Morgan fingerprint density at radius 1 is 1.33 bits per heavy atom. The Morgan fingerprint density at radius 3 is 2.83 bits per heavy atom. The summed E-state index contributed by atoms with van der Waals surface area (Å²) in [4.78, 5) is 4.36. The van der Waals surface area contributed by atoms with Crippen molar-refractivity contribution >= 4 is 10.9 Å². The van der Waals surface area contributed by atoms with E-state index < -0.39 is 0 Å². The third kappa shape index (κ3) is 2.36. The fourth-order valence-electron chi connectivity index (χ4n) is 2.33. The first-order valence-electron chi connectivity index (χ1n) is 6.14. The number of benzene rings is 1. The van der Waals surface area contributed by atoms with Crippen LogP contribution < -0.4 is 11.3 Å². The number of methoxy groups -OCH3 is 1. The minimum Gasteiger partial charge on any atom is -0.379 e. The zero-order valence-electron chi connectivity index (χ0n) is 10.8. The normalized spacial score (nSPS) is 14.6. The van der Waals surface area contributed by atoms with Gasteiger partial charge in [0.25, 0.3) is 0 Å². The molecule has 0 aliphatic rings. The van der Waals surface area contributed by atoms with Gasteiger partial charge in [-0.1, -0.05) is 25.1 Å². The number of hydrogen-bond donors (Lipinski definition) is 2. The maximum atomic E-state index is 5.70. The molecule has 2 rings (SSSR count). The maximum absolute atomic E-state index is 5.70. The smallest absolute Gasteiger partial charge is 0.0776 e. The van der Waals surface area contributed by atoms with Gasteiger partial charge in [0.05, 0.1) is 17.7 Å². The van der Waals surface area contributed by atoms with E-state index in [4.69, 9.17) is 10.6 Å². The van der Waals surface area contributed by atoms with Gasteiger partial charge in [-0.2, -0.15) is 0 Å². The van der Waals surface area contributed by atoms with Crippen LogP contribution in [0.2, 0.25) is 0 Å². The lowest BCUT2D eigenvalue weighted by Crippen LogP contribution is -2.37. The van der Waals surface area contributed by atoms with E-state index in [0.29, 0.717) is 0 Å². The van der Waals surface area contributed by atoms with Crippen molar-refractivity contribution in [1.29, 1.82) is 0 Å². The maximum Gasteiger partial charge on any atom is 0.0776 e. The summed E-state index contributed by atoms with van der Waals surface area (Å²) in [5.74, 6) is 5.70. The molecule has 0 spiro atoms. The molecule has 3 N–H and O–H groups in total. The van der Waals surface area contributed by atoms with Crippen LogP contribution in [0.4, 0.5) is 0 Å². The lowest BCUT2D eigenvalue weighted by molar-refractivity contribution is 0.0655. The van der Waals surface area contributed by atoms with E-state index in [-0.39, 0.29) is 12.1 Å². The fraction of sp³-hybridized carbons (Fsp3) is 0.357. The van der Waals surface area contributed by atoms with Gasteiger partial charge >= 0.3 is 0 Å². The first kappa shape index (κ1) is 13.0. The first-order chi connectivity index (χ1) is 8.81. The van der Waals surface area contributed by atoms with E-state index in [1.165, 1.54) is 0 Å². The highest BCUT2D eigenvalue weighted by Crippen LogP contribution is 2.27. The summed E-state index contributed by atoms with van der Waals surface area (Å²) in [5, 5.41) is 1.11. The summed E-state index contributed by atoms with van der Waals surface area (Å²) in [6, 6.07) is 10.0. The second-order valence-electron chi connectivity index (χ2n) is 4.24. The molecule has 2 aromatic rings. The van der Waals surface area contributed by atoms with Crippen molar-refractivity contribution in [3.63, 3.8) is 0 Å². The molecule has 0 bridgehead atoms. The predicted octanol–water partition coefficient (Wildman–Crippen LogP) is 2.16. The number of hydrazine groups is 1. The quantitative estimate of drug-likeness (QED) is 0.626. The fourth-order valence-corrected chi connectivity index (χ4v) is 2.33. The topological polar surface area (TPSA) is 60.2 Å². The van der Waals surface area contributed by atoms with E-state index in [1.54, 1.807) is 13.3 Å². The van der Waals surface area contributed by atoms with Crippen molar-refractivity contribution in [3.8, 4) is 0 Å². The van der Waals surface area contributed by atoms with Crippen molar-refractivity contribution < 1.29 is 4.74 Å². The standard InChI is InChI=1S/C14H19N3O/c1-3-13(18-2)14(17-15)11-6-4-8-12-10(11)7-5-9-16-12/h4-9,13-14,17H,3,15H2,1-2H3. The highest BCUT2D eigenvalue weighted by molar-refractivity contribution is 5.82. The van der Waals surface area contributed by atoms with Crippen molar-refractivity contribution in [2.75, 3.05) is 7.11 Å². The van der Waals surface area contributed by atoms with Gasteiger partial charge in [0.1, 0.15) is 0 Å². The molecular weight excluding hydrogens is 226 g/mol. The Hall–Kier alpha value is -1.49. The number of aromatic nitrogens is 1. The molecule has 0 aliphatic heterocycles. The largest absolute Gasteiger partial charge is 0.379 e. The van der Waals surface area contributed by atoms with Crippen LogP contribution in [0.1, 0.15) is 24.9 Å². The number of ether oxygens (including phenoxy) is 1. The van der Waals surface area contributed by atoms with Gasteiger partial charge in [0.2, 0.25) is 0 Å². The molecule has 0 saturated carbocycles. The first-order valence-corrected chi connectivity index (χ1v) is 6.14. The van der Waals surface area contributed by atoms with E-state index in [0.717, 1.165) is 22.9 Å². The molecular formula is C14H19N3O. The Kier molecular flexibility index (Phi) is 4.25. The van der Waals surface area contributed by atoms with Gasteiger partial charge in [-0.05, 0) is 24.1 Å². The number of nitrogens with two attached hydrogens (primary N) is 1. The summed E-state index contributed by atoms with van der Waals surface area (Å²) in [5.41, 5.74) is 4.96. The molecule has 0 fully saturated rings. The molecule has 0 saturated heterocycles. The van der Waals surface area contributed by atoms with E-state index in [1.807, 2.05) is 18.2 Å². The molecule has 1 aromatic carbocycles.